The van der Waals surface area contributed by atoms with E-state index in [0.717, 1.165) is 44.8 Å². The molecule has 0 fully saturated rings. The van der Waals surface area contributed by atoms with Crippen molar-refractivity contribution in [2.24, 2.45) is 4.99 Å². The molecular formula is C18H31N3O. The fraction of sp³-hybridized carbons (Fsp3) is 0.611. The molecule has 1 unspecified atom stereocenters. The summed E-state index contributed by atoms with van der Waals surface area (Å²) >= 11 is 0. The van der Waals surface area contributed by atoms with Crippen molar-refractivity contribution >= 4 is 5.96 Å². The van der Waals surface area contributed by atoms with Crippen LogP contribution in [0.5, 0.6) is 0 Å². The van der Waals surface area contributed by atoms with E-state index in [1.54, 1.807) is 7.11 Å². The highest BCUT2D eigenvalue weighted by Gasteiger charge is 2.05. The first kappa shape index (κ1) is 18.5. The molecule has 0 saturated carbocycles. The average Bonchev–Trinajstić information content (AvgIpc) is 2.56. The van der Waals surface area contributed by atoms with Gasteiger partial charge < -0.3 is 15.4 Å². The molecule has 124 valence electrons. The Bertz CT molecular complexity index is 406. The average molecular weight is 305 g/mol. The third-order valence-corrected chi connectivity index (χ3v) is 3.63. The Labute approximate surface area is 135 Å². The van der Waals surface area contributed by atoms with E-state index in [1.807, 2.05) is 7.05 Å². The van der Waals surface area contributed by atoms with Gasteiger partial charge in [0.25, 0.3) is 0 Å². The van der Waals surface area contributed by atoms with Crippen LogP contribution >= 0.6 is 0 Å². The Balaban J connectivity index is 2.16. The highest BCUT2D eigenvalue weighted by molar-refractivity contribution is 5.79. The summed E-state index contributed by atoms with van der Waals surface area (Å²) in [4.78, 5) is 4.29. The number of benzene rings is 1. The maximum absolute atomic E-state index is 5.05. The van der Waals surface area contributed by atoms with E-state index in [-0.39, 0.29) is 0 Å². The summed E-state index contributed by atoms with van der Waals surface area (Å²) in [5.74, 6) is 0.896. The molecule has 1 aromatic rings. The van der Waals surface area contributed by atoms with Gasteiger partial charge in [-0.15, -0.1) is 0 Å². The van der Waals surface area contributed by atoms with Crippen LogP contribution in [0.2, 0.25) is 0 Å². The van der Waals surface area contributed by atoms with Crippen LogP contribution in [0, 0.1) is 0 Å². The summed E-state index contributed by atoms with van der Waals surface area (Å²) in [6, 6.07) is 11.0. The van der Waals surface area contributed by atoms with Crippen LogP contribution in [0.1, 0.15) is 38.2 Å². The first-order valence-electron chi connectivity index (χ1n) is 8.26. The molecule has 4 nitrogen and oxygen atoms in total. The Morgan fingerprint density at radius 2 is 1.95 bits per heavy atom. The van der Waals surface area contributed by atoms with Gasteiger partial charge in [0.1, 0.15) is 0 Å². The predicted molar refractivity (Wildman–Crippen MR) is 94.4 cm³/mol. The lowest BCUT2D eigenvalue weighted by Crippen LogP contribution is -2.42. The van der Waals surface area contributed by atoms with Gasteiger partial charge in [0.2, 0.25) is 0 Å². The van der Waals surface area contributed by atoms with E-state index >= 15 is 0 Å². The SMILES string of the molecule is CN=C(NCCCCCOC)NC(C)CCc1ccccc1. The summed E-state index contributed by atoms with van der Waals surface area (Å²) < 4.78 is 5.05. The molecule has 22 heavy (non-hydrogen) atoms. The Morgan fingerprint density at radius 1 is 1.18 bits per heavy atom. The molecule has 0 bridgehead atoms. The van der Waals surface area contributed by atoms with Gasteiger partial charge in [-0.2, -0.15) is 0 Å². The van der Waals surface area contributed by atoms with Gasteiger partial charge in [-0.25, -0.2) is 0 Å². The zero-order valence-corrected chi connectivity index (χ0v) is 14.3. The number of ether oxygens (including phenoxy) is 1. The number of hydrogen-bond acceptors (Lipinski definition) is 2. The molecule has 0 radical (unpaired) electrons. The van der Waals surface area contributed by atoms with Crippen LogP contribution in [-0.2, 0) is 11.2 Å². The molecule has 0 amide bonds. The molecule has 4 heteroatoms. The molecule has 0 aliphatic rings. The van der Waals surface area contributed by atoms with Crippen LogP contribution in [0.4, 0.5) is 0 Å². The van der Waals surface area contributed by atoms with E-state index in [4.69, 9.17) is 4.74 Å². The number of aliphatic imine (C=N–C) groups is 1. The van der Waals surface area contributed by atoms with Gasteiger partial charge in [-0.1, -0.05) is 30.3 Å². The topological polar surface area (TPSA) is 45.7 Å². The molecule has 1 aromatic carbocycles. The third-order valence-electron chi connectivity index (χ3n) is 3.63. The number of aryl methyl sites for hydroxylation is 1. The van der Waals surface area contributed by atoms with Gasteiger partial charge >= 0.3 is 0 Å². The molecule has 1 atom stereocenters. The van der Waals surface area contributed by atoms with Crippen LogP contribution in [0.25, 0.3) is 0 Å². The van der Waals surface area contributed by atoms with Gasteiger partial charge in [0, 0.05) is 33.4 Å². The van der Waals surface area contributed by atoms with Crippen molar-refractivity contribution in [2.45, 2.75) is 45.1 Å². The van der Waals surface area contributed by atoms with Crippen LogP contribution in [-0.4, -0.2) is 39.3 Å². The number of methoxy groups -OCH3 is 1. The molecule has 2 N–H and O–H groups in total. The van der Waals surface area contributed by atoms with Crippen LogP contribution in [0.3, 0.4) is 0 Å². The second-order valence-corrected chi connectivity index (χ2v) is 5.62. The minimum absolute atomic E-state index is 0.403. The van der Waals surface area contributed by atoms with Crippen molar-refractivity contribution in [3.8, 4) is 0 Å². The number of nitrogens with zero attached hydrogens (tertiary/aromatic N) is 1. The summed E-state index contributed by atoms with van der Waals surface area (Å²) in [5, 5.41) is 6.83. The smallest absolute Gasteiger partial charge is 0.191 e. The zero-order chi connectivity index (χ0) is 16.0. The van der Waals surface area contributed by atoms with E-state index in [0.29, 0.717) is 6.04 Å². The third kappa shape index (κ3) is 8.67. The molecular weight excluding hydrogens is 274 g/mol. The molecule has 0 spiro atoms. The Hall–Kier alpha value is -1.55. The fourth-order valence-corrected chi connectivity index (χ4v) is 2.28. The monoisotopic (exact) mass is 305 g/mol. The number of nitrogens with one attached hydrogen (secondary N) is 2. The number of unbranched alkanes of at least 4 members (excludes halogenated alkanes) is 2. The number of guanidine groups is 1. The largest absolute Gasteiger partial charge is 0.385 e. The lowest BCUT2D eigenvalue weighted by molar-refractivity contribution is 0.192. The van der Waals surface area contributed by atoms with Crippen LogP contribution < -0.4 is 10.6 Å². The first-order valence-corrected chi connectivity index (χ1v) is 8.26. The minimum atomic E-state index is 0.403. The standard InChI is InChI=1S/C18H31N3O/c1-16(12-13-17-10-6-4-7-11-17)21-18(19-2)20-14-8-5-9-15-22-3/h4,6-7,10-11,16H,5,8-9,12-15H2,1-3H3,(H2,19,20,21). The molecule has 0 aliphatic carbocycles. The molecule has 0 aromatic heterocycles. The second kappa shape index (κ2) is 12.0. The highest BCUT2D eigenvalue weighted by atomic mass is 16.5. The minimum Gasteiger partial charge on any atom is -0.385 e. The molecule has 0 aliphatic heterocycles. The summed E-state index contributed by atoms with van der Waals surface area (Å²) in [6.07, 6.45) is 5.63. The quantitative estimate of drug-likeness (QED) is 0.397. The van der Waals surface area contributed by atoms with Crippen molar-refractivity contribution in [3.63, 3.8) is 0 Å². The molecule has 0 saturated heterocycles. The molecule has 0 heterocycles. The van der Waals surface area contributed by atoms with Crippen molar-refractivity contribution < 1.29 is 4.74 Å². The fourth-order valence-electron chi connectivity index (χ4n) is 2.28. The summed E-state index contributed by atoms with van der Waals surface area (Å²) in [5.41, 5.74) is 1.39. The van der Waals surface area contributed by atoms with Crippen LogP contribution in [0.15, 0.2) is 35.3 Å². The van der Waals surface area contributed by atoms with Gasteiger partial charge in [-0.3, -0.25) is 4.99 Å². The lowest BCUT2D eigenvalue weighted by atomic mass is 10.1. The maximum atomic E-state index is 5.05. The van der Waals surface area contributed by atoms with E-state index < -0.39 is 0 Å². The zero-order valence-electron chi connectivity index (χ0n) is 14.3. The normalized spacial score (nSPS) is 13.0. The summed E-state index contributed by atoms with van der Waals surface area (Å²) in [7, 11) is 3.57. The van der Waals surface area contributed by atoms with E-state index in [1.165, 1.54) is 12.0 Å². The van der Waals surface area contributed by atoms with Gasteiger partial charge in [-0.05, 0) is 44.6 Å². The number of hydrogen-bond donors (Lipinski definition) is 2. The van der Waals surface area contributed by atoms with Gasteiger partial charge in [0.15, 0.2) is 5.96 Å². The van der Waals surface area contributed by atoms with Gasteiger partial charge in [0.05, 0.1) is 0 Å². The highest BCUT2D eigenvalue weighted by Crippen LogP contribution is 2.04. The first-order chi connectivity index (χ1) is 10.8. The number of rotatable bonds is 10. The summed E-state index contributed by atoms with van der Waals surface area (Å²) in [6.45, 7) is 4.01. The Morgan fingerprint density at radius 3 is 2.64 bits per heavy atom. The second-order valence-electron chi connectivity index (χ2n) is 5.62. The maximum Gasteiger partial charge on any atom is 0.191 e. The van der Waals surface area contributed by atoms with Crippen molar-refractivity contribution in [1.82, 2.24) is 10.6 Å². The van der Waals surface area contributed by atoms with E-state index in [2.05, 4.69) is 52.9 Å². The van der Waals surface area contributed by atoms with E-state index in [9.17, 15) is 0 Å². The Kier molecular flexibility index (Phi) is 10.1. The van der Waals surface area contributed by atoms with Crippen molar-refractivity contribution in [3.05, 3.63) is 35.9 Å². The lowest BCUT2D eigenvalue weighted by Gasteiger charge is -2.18. The predicted octanol–water partition coefficient (Wildman–Crippen LogP) is 2.99. The van der Waals surface area contributed by atoms with Crippen molar-refractivity contribution in [2.75, 3.05) is 27.3 Å². The van der Waals surface area contributed by atoms with Crippen molar-refractivity contribution in [1.29, 1.82) is 0 Å². The molecule has 1 rings (SSSR count).